The Labute approximate surface area is 84.5 Å². The van der Waals surface area contributed by atoms with E-state index in [0.717, 1.165) is 13.0 Å². The molecule has 1 N–H and O–H groups in total. The van der Waals surface area contributed by atoms with Crippen molar-refractivity contribution in [2.45, 2.75) is 31.8 Å². The fourth-order valence-electron chi connectivity index (χ4n) is 1.54. The van der Waals surface area contributed by atoms with Crippen LogP contribution in [0.25, 0.3) is 0 Å². The highest BCUT2D eigenvalue weighted by molar-refractivity contribution is 5.25. The van der Waals surface area contributed by atoms with Crippen molar-refractivity contribution < 1.29 is 9.84 Å². The quantitative estimate of drug-likeness (QED) is 0.794. The van der Waals surface area contributed by atoms with Crippen LogP contribution in [-0.2, 0) is 11.2 Å². The summed E-state index contributed by atoms with van der Waals surface area (Å²) in [6.45, 7) is 0.801. The molecule has 0 amide bonds. The van der Waals surface area contributed by atoms with E-state index in [1.54, 1.807) is 12.1 Å². The first-order valence-electron chi connectivity index (χ1n) is 5.24. The van der Waals surface area contributed by atoms with Crippen molar-refractivity contribution in [3.63, 3.8) is 0 Å². The van der Waals surface area contributed by atoms with Gasteiger partial charge in [0.1, 0.15) is 5.75 Å². The second-order valence-corrected chi connectivity index (χ2v) is 3.84. The van der Waals surface area contributed by atoms with E-state index in [1.165, 1.54) is 24.8 Å². The molecule has 14 heavy (non-hydrogen) atoms. The van der Waals surface area contributed by atoms with Crippen molar-refractivity contribution >= 4 is 0 Å². The summed E-state index contributed by atoms with van der Waals surface area (Å²) in [5, 5.41) is 9.09. The highest BCUT2D eigenvalue weighted by Crippen LogP contribution is 2.22. The van der Waals surface area contributed by atoms with Crippen LogP contribution in [0, 0.1) is 0 Å². The first-order valence-corrected chi connectivity index (χ1v) is 5.24. The average Bonchev–Trinajstić information content (AvgIpc) is 2.12. The third-order valence-corrected chi connectivity index (χ3v) is 2.73. The number of aromatic hydroxyl groups is 1. The number of benzene rings is 1. The molecule has 0 spiro atoms. The summed E-state index contributed by atoms with van der Waals surface area (Å²) in [5.74, 6) is 0.327. The minimum Gasteiger partial charge on any atom is -0.508 e. The maximum atomic E-state index is 9.09. The molecule has 0 unspecified atom stereocenters. The van der Waals surface area contributed by atoms with Gasteiger partial charge in [0.05, 0.1) is 12.7 Å². The highest BCUT2D eigenvalue weighted by Gasteiger charge is 2.17. The Hall–Kier alpha value is -1.02. The number of hydrogen-bond acceptors (Lipinski definition) is 2. The number of ether oxygens (including phenoxy) is 1. The van der Waals surface area contributed by atoms with Crippen molar-refractivity contribution in [3.8, 4) is 5.75 Å². The van der Waals surface area contributed by atoms with Crippen molar-refractivity contribution in [2.75, 3.05) is 6.61 Å². The van der Waals surface area contributed by atoms with Gasteiger partial charge in [0.15, 0.2) is 0 Å². The van der Waals surface area contributed by atoms with Crippen LogP contribution in [0.15, 0.2) is 24.3 Å². The monoisotopic (exact) mass is 192 g/mol. The van der Waals surface area contributed by atoms with E-state index in [-0.39, 0.29) is 0 Å². The zero-order valence-electron chi connectivity index (χ0n) is 8.28. The number of phenols is 1. The van der Waals surface area contributed by atoms with E-state index >= 15 is 0 Å². The first-order chi connectivity index (χ1) is 6.84. The van der Waals surface area contributed by atoms with Crippen LogP contribution in [0.4, 0.5) is 0 Å². The van der Waals surface area contributed by atoms with Crippen LogP contribution in [0.3, 0.4) is 0 Å². The van der Waals surface area contributed by atoms with Gasteiger partial charge < -0.3 is 9.84 Å². The van der Waals surface area contributed by atoms with Crippen molar-refractivity contribution in [1.29, 1.82) is 0 Å². The van der Waals surface area contributed by atoms with Gasteiger partial charge in [-0.3, -0.25) is 0 Å². The fraction of sp³-hybridized carbons (Fsp3) is 0.500. The molecule has 1 aromatic carbocycles. The maximum absolute atomic E-state index is 9.09. The lowest BCUT2D eigenvalue weighted by atomic mass is 9.96. The number of phenolic OH excluding ortho intramolecular Hbond substituents is 1. The molecule has 76 valence electrons. The SMILES string of the molecule is Oc1ccc(CCOC2CCC2)cc1. The maximum Gasteiger partial charge on any atom is 0.115 e. The zero-order chi connectivity index (χ0) is 9.80. The lowest BCUT2D eigenvalue weighted by Crippen LogP contribution is -2.22. The minimum atomic E-state index is 0.327. The Morgan fingerprint density at radius 1 is 1.21 bits per heavy atom. The molecule has 1 fully saturated rings. The molecular weight excluding hydrogens is 176 g/mol. The van der Waals surface area contributed by atoms with Gasteiger partial charge in [-0.2, -0.15) is 0 Å². The fourth-order valence-corrected chi connectivity index (χ4v) is 1.54. The Morgan fingerprint density at radius 2 is 1.93 bits per heavy atom. The Balaban J connectivity index is 1.71. The summed E-state index contributed by atoms with van der Waals surface area (Å²) in [6.07, 6.45) is 5.25. The molecule has 0 aliphatic heterocycles. The van der Waals surface area contributed by atoms with Gasteiger partial charge in [0.25, 0.3) is 0 Å². The van der Waals surface area contributed by atoms with Gasteiger partial charge in [-0.1, -0.05) is 12.1 Å². The molecule has 0 radical (unpaired) electrons. The molecule has 0 aromatic heterocycles. The smallest absolute Gasteiger partial charge is 0.115 e. The van der Waals surface area contributed by atoms with Gasteiger partial charge in [0, 0.05) is 0 Å². The summed E-state index contributed by atoms with van der Waals surface area (Å²) < 4.78 is 5.65. The molecule has 1 saturated carbocycles. The second kappa shape index (κ2) is 4.47. The molecule has 1 aromatic rings. The third kappa shape index (κ3) is 2.48. The molecule has 0 bridgehead atoms. The van der Waals surface area contributed by atoms with Gasteiger partial charge in [-0.25, -0.2) is 0 Å². The highest BCUT2D eigenvalue weighted by atomic mass is 16.5. The molecule has 2 nitrogen and oxygen atoms in total. The lowest BCUT2D eigenvalue weighted by Gasteiger charge is -2.25. The standard InChI is InChI=1S/C12H16O2/c13-11-6-4-10(5-7-11)8-9-14-12-2-1-3-12/h4-7,12-13H,1-3,8-9H2. The Kier molecular flexibility index (Phi) is 3.04. The van der Waals surface area contributed by atoms with Crippen LogP contribution in [0.2, 0.25) is 0 Å². The normalized spacial score (nSPS) is 16.6. The summed E-state index contributed by atoms with van der Waals surface area (Å²) >= 11 is 0. The van der Waals surface area contributed by atoms with Crippen LogP contribution >= 0.6 is 0 Å². The van der Waals surface area contributed by atoms with Crippen molar-refractivity contribution in [3.05, 3.63) is 29.8 Å². The first kappa shape index (κ1) is 9.53. The molecule has 1 aliphatic rings. The number of hydrogen-bond donors (Lipinski definition) is 1. The summed E-state index contributed by atoms with van der Waals surface area (Å²) in [7, 11) is 0. The van der Waals surface area contributed by atoms with E-state index in [0.29, 0.717) is 11.9 Å². The Morgan fingerprint density at radius 3 is 2.50 bits per heavy atom. The molecule has 0 atom stereocenters. The number of rotatable bonds is 4. The van der Waals surface area contributed by atoms with E-state index < -0.39 is 0 Å². The zero-order valence-corrected chi connectivity index (χ0v) is 8.28. The molecule has 1 aliphatic carbocycles. The molecule has 2 rings (SSSR count). The molecular formula is C12H16O2. The van der Waals surface area contributed by atoms with E-state index in [2.05, 4.69) is 0 Å². The lowest BCUT2D eigenvalue weighted by molar-refractivity contribution is 0.00413. The molecule has 2 heteroatoms. The average molecular weight is 192 g/mol. The van der Waals surface area contributed by atoms with E-state index in [1.807, 2.05) is 12.1 Å². The third-order valence-electron chi connectivity index (χ3n) is 2.73. The largest absolute Gasteiger partial charge is 0.508 e. The Bertz CT molecular complexity index is 275. The second-order valence-electron chi connectivity index (χ2n) is 3.84. The van der Waals surface area contributed by atoms with Gasteiger partial charge in [-0.15, -0.1) is 0 Å². The summed E-state index contributed by atoms with van der Waals surface area (Å²) in [5.41, 5.74) is 1.22. The summed E-state index contributed by atoms with van der Waals surface area (Å²) in [6, 6.07) is 7.33. The van der Waals surface area contributed by atoms with E-state index in [9.17, 15) is 0 Å². The minimum absolute atomic E-state index is 0.327. The topological polar surface area (TPSA) is 29.5 Å². The van der Waals surface area contributed by atoms with Crippen LogP contribution in [0.1, 0.15) is 24.8 Å². The predicted molar refractivity (Wildman–Crippen MR) is 55.4 cm³/mol. The molecule has 0 saturated heterocycles. The van der Waals surface area contributed by atoms with Crippen molar-refractivity contribution in [1.82, 2.24) is 0 Å². The molecule has 0 heterocycles. The van der Waals surface area contributed by atoms with Crippen LogP contribution in [0.5, 0.6) is 5.75 Å². The van der Waals surface area contributed by atoms with Crippen molar-refractivity contribution in [2.24, 2.45) is 0 Å². The van der Waals surface area contributed by atoms with E-state index in [4.69, 9.17) is 9.84 Å². The van der Waals surface area contributed by atoms with Gasteiger partial charge in [-0.05, 0) is 43.4 Å². The summed E-state index contributed by atoms with van der Waals surface area (Å²) in [4.78, 5) is 0. The predicted octanol–water partition coefficient (Wildman–Crippen LogP) is 2.50. The van der Waals surface area contributed by atoms with Gasteiger partial charge in [0.2, 0.25) is 0 Å². The van der Waals surface area contributed by atoms with Gasteiger partial charge >= 0.3 is 0 Å². The van der Waals surface area contributed by atoms with Crippen LogP contribution < -0.4 is 0 Å². The van der Waals surface area contributed by atoms with Crippen LogP contribution in [-0.4, -0.2) is 17.8 Å².